The zero-order chi connectivity index (χ0) is 11.7. The number of carbonyl (C=O) groups is 1. The quantitative estimate of drug-likeness (QED) is 0.862. The zero-order valence-corrected chi connectivity index (χ0v) is 9.23. The number of aromatic carboxylic acids is 1. The number of hydrogen-bond acceptors (Lipinski definition) is 2. The van der Waals surface area contributed by atoms with Gasteiger partial charge in [-0.05, 0) is 19.1 Å². The van der Waals surface area contributed by atoms with E-state index in [2.05, 4.69) is 0 Å². The Morgan fingerprint density at radius 2 is 2.25 bits per heavy atom. The van der Waals surface area contributed by atoms with Crippen molar-refractivity contribution in [3.8, 4) is 5.75 Å². The Hall–Kier alpha value is -1.97. The number of aryl methyl sites for hydroxylation is 1. The minimum absolute atomic E-state index is 0.286. The summed E-state index contributed by atoms with van der Waals surface area (Å²) in [6.07, 6.45) is 1.65. The predicted octanol–water partition coefficient (Wildman–Crippen LogP) is 2.37. The Labute approximate surface area is 93.1 Å². The molecule has 4 nitrogen and oxygen atoms in total. The molecule has 84 valence electrons. The van der Waals surface area contributed by atoms with E-state index >= 15 is 0 Å². The predicted molar refractivity (Wildman–Crippen MR) is 61.1 cm³/mol. The van der Waals surface area contributed by atoms with E-state index in [-0.39, 0.29) is 5.56 Å². The van der Waals surface area contributed by atoms with Gasteiger partial charge in [0.15, 0.2) is 0 Å². The summed E-state index contributed by atoms with van der Waals surface area (Å²) in [5.41, 5.74) is 1.17. The summed E-state index contributed by atoms with van der Waals surface area (Å²) in [5.74, 6) is -0.330. The second-order valence-corrected chi connectivity index (χ2v) is 3.49. The number of carboxylic acids is 1. The minimum Gasteiger partial charge on any atom is -0.496 e. The summed E-state index contributed by atoms with van der Waals surface area (Å²) >= 11 is 0. The molecular formula is C12H13NO3. The van der Waals surface area contributed by atoms with Crippen LogP contribution in [0.4, 0.5) is 0 Å². The highest BCUT2D eigenvalue weighted by Crippen LogP contribution is 2.30. The number of hydrogen-bond donors (Lipinski definition) is 1. The highest BCUT2D eigenvalue weighted by Gasteiger charge is 2.16. The molecule has 0 radical (unpaired) electrons. The van der Waals surface area contributed by atoms with Crippen LogP contribution in [0.1, 0.15) is 17.3 Å². The summed E-state index contributed by atoms with van der Waals surface area (Å²) < 4.78 is 7.10. The van der Waals surface area contributed by atoms with Gasteiger partial charge in [0, 0.05) is 12.7 Å². The Bertz CT molecular complexity index is 542. The van der Waals surface area contributed by atoms with Gasteiger partial charge >= 0.3 is 5.97 Å². The summed E-state index contributed by atoms with van der Waals surface area (Å²) in [6, 6.07) is 5.53. The molecule has 1 aromatic heterocycles. The first-order chi connectivity index (χ1) is 7.69. The van der Waals surface area contributed by atoms with Crippen molar-refractivity contribution in [3.05, 3.63) is 30.0 Å². The van der Waals surface area contributed by atoms with Crippen LogP contribution in [-0.2, 0) is 6.54 Å². The van der Waals surface area contributed by atoms with Gasteiger partial charge in [-0.3, -0.25) is 0 Å². The molecule has 1 N–H and O–H groups in total. The number of carboxylic acid groups (broad SMARTS) is 1. The molecule has 0 fully saturated rings. The normalized spacial score (nSPS) is 10.6. The van der Waals surface area contributed by atoms with E-state index in [0.717, 1.165) is 12.1 Å². The van der Waals surface area contributed by atoms with Crippen molar-refractivity contribution in [1.82, 2.24) is 4.57 Å². The minimum atomic E-state index is -0.929. The van der Waals surface area contributed by atoms with Gasteiger partial charge in [0.25, 0.3) is 0 Å². The van der Waals surface area contributed by atoms with Crippen molar-refractivity contribution in [1.29, 1.82) is 0 Å². The topological polar surface area (TPSA) is 51.5 Å². The first-order valence-corrected chi connectivity index (χ1v) is 5.08. The molecule has 2 aromatic rings. The molecule has 1 aromatic carbocycles. The fourth-order valence-electron chi connectivity index (χ4n) is 1.91. The monoisotopic (exact) mass is 219 g/mol. The standard InChI is InChI=1S/C12H13NO3/c1-3-13-7-8(12(14)15)11-9(13)5-4-6-10(11)16-2/h4-7H,3H2,1-2H3,(H,14,15). The maximum atomic E-state index is 11.1. The number of fused-ring (bicyclic) bond motifs is 1. The van der Waals surface area contributed by atoms with Gasteiger partial charge in [0.05, 0.1) is 23.6 Å². The molecule has 2 rings (SSSR count). The van der Waals surface area contributed by atoms with Crippen LogP contribution in [0, 0.1) is 0 Å². The largest absolute Gasteiger partial charge is 0.496 e. The van der Waals surface area contributed by atoms with Gasteiger partial charge < -0.3 is 14.4 Å². The average Bonchev–Trinajstić information content (AvgIpc) is 2.67. The second kappa shape index (κ2) is 3.89. The van der Waals surface area contributed by atoms with Crippen LogP contribution in [0.15, 0.2) is 24.4 Å². The van der Waals surface area contributed by atoms with Crippen LogP contribution in [0.5, 0.6) is 5.75 Å². The lowest BCUT2D eigenvalue weighted by Crippen LogP contribution is -1.95. The number of ether oxygens (including phenoxy) is 1. The number of nitrogens with zero attached hydrogens (tertiary/aromatic N) is 1. The maximum Gasteiger partial charge on any atom is 0.338 e. The Morgan fingerprint density at radius 3 is 2.81 bits per heavy atom. The third-order valence-electron chi connectivity index (χ3n) is 2.66. The average molecular weight is 219 g/mol. The van der Waals surface area contributed by atoms with Crippen LogP contribution in [-0.4, -0.2) is 22.8 Å². The van der Waals surface area contributed by atoms with Crippen molar-refractivity contribution < 1.29 is 14.6 Å². The zero-order valence-electron chi connectivity index (χ0n) is 9.23. The van der Waals surface area contributed by atoms with E-state index < -0.39 is 5.97 Å². The number of benzene rings is 1. The fraction of sp³-hybridized carbons (Fsp3) is 0.250. The molecule has 0 saturated heterocycles. The third-order valence-corrected chi connectivity index (χ3v) is 2.66. The first kappa shape index (κ1) is 10.5. The van der Waals surface area contributed by atoms with E-state index in [1.165, 1.54) is 0 Å². The van der Waals surface area contributed by atoms with E-state index in [9.17, 15) is 4.79 Å². The first-order valence-electron chi connectivity index (χ1n) is 5.08. The SMILES string of the molecule is CCn1cc(C(=O)O)c2c(OC)cccc21. The van der Waals surface area contributed by atoms with Crippen LogP contribution < -0.4 is 4.74 Å². The molecule has 0 unspecified atom stereocenters. The lowest BCUT2D eigenvalue weighted by molar-refractivity contribution is 0.0698. The number of aromatic nitrogens is 1. The van der Waals surface area contributed by atoms with Crippen LogP contribution >= 0.6 is 0 Å². The molecule has 4 heteroatoms. The molecule has 0 atom stereocenters. The summed E-state index contributed by atoms with van der Waals surface area (Å²) in [6.45, 7) is 2.71. The van der Waals surface area contributed by atoms with Crippen LogP contribution in [0.2, 0.25) is 0 Å². The van der Waals surface area contributed by atoms with E-state index in [1.807, 2.05) is 23.6 Å². The van der Waals surface area contributed by atoms with Crippen molar-refractivity contribution in [2.24, 2.45) is 0 Å². The smallest absolute Gasteiger partial charge is 0.338 e. The molecule has 0 aliphatic rings. The Kier molecular flexibility index (Phi) is 2.56. The van der Waals surface area contributed by atoms with Crippen molar-refractivity contribution in [2.75, 3.05) is 7.11 Å². The second-order valence-electron chi connectivity index (χ2n) is 3.49. The van der Waals surface area contributed by atoms with E-state index in [0.29, 0.717) is 11.1 Å². The molecule has 0 bridgehead atoms. The summed E-state index contributed by atoms with van der Waals surface area (Å²) in [4.78, 5) is 11.1. The van der Waals surface area contributed by atoms with Crippen molar-refractivity contribution in [2.45, 2.75) is 13.5 Å². The van der Waals surface area contributed by atoms with Gasteiger partial charge in [-0.1, -0.05) is 6.07 Å². The van der Waals surface area contributed by atoms with Gasteiger partial charge in [-0.2, -0.15) is 0 Å². The highest BCUT2D eigenvalue weighted by atomic mass is 16.5. The molecular weight excluding hydrogens is 206 g/mol. The lowest BCUT2D eigenvalue weighted by atomic mass is 10.1. The number of methoxy groups -OCH3 is 1. The van der Waals surface area contributed by atoms with Gasteiger partial charge in [-0.25, -0.2) is 4.79 Å². The molecule has 16 heavy (non-hydrogen) atoms. The molecule has 1 heterocycles. The number of rotatable bonds is 3. The Balaban J connectivity index is 2.85. The molecule has 0 spiro atoms. The van der Waals surface area contributed by atoms with Gasteiger partial charge in [-0.15, -0.1) is 0 Å². The van der Waals surface area contributed by atoms with Crippen LogP contribution in [0.3, 0.4) is 0 Å². The molecule has 0 saturated carbocycles. The van der Waals surface area contributed by atoms with Crippen LogP contribution in [0.25, 0.3) is 10.9 Å². The van der Waals surface area contributed by atoms with E-state index in [4.69, 9.17) is 9.84 Å². The van der Waals surface area contributed by atoms with Crippen molar-refractivity contribution in [3.63, 3.8) is 0 Å². The molecule has 0 aliphatic carbocycles. The summed E-state index contributed by atoms with van der Waals surface area (Å²) in [7, 11) is 1.55. The maximum absolute atomic E-state index is 11.1. The fourth-order valence-corrected chi connectivity index (χ4v) is 1.91. The lowest BCUT2D eigenvalue weighted by Gasteiger charge is -2.03. The molecule has 0 amide bonds. The summed E-state index contributed by atoms with van der Waals surface area (Å²) in [5, 5.41) is 9.81. The Morgan fingerprint density at radius 1 is 1.50 bits per heavy atom. The van der Waals surface area contributed by atoms with Gasteiger partial charge in [0.2, 0.25) is 0 Å². The highest BCUT2D eigenvalue weighted by molar-refractivity contribution is 6.06. The third kappa shape index (κ3) is 1.43. The van der Waals surface area contributed by atoms with Gasteiger partial charge in [0.1, 0.15) is 5.75 Å². The molecule has 0 aliphatic heterocycles. The van der Waals surface area contributed by atoms with E-state index in [1.54, 1.807) is 19.4 Å². The van der Waals surface area contributed by atoms with Crippen molar-refractivity contribution >= 4 is 16.9 Å².